The zero-order valence-electron chi connectivity index (χ0n) is 11.7. The Morgan fingerprint density at radius 1 is 1.33 bits per heavy atom. The first-order valence-corrected chi connectivity index (χ1v) is 7.46. The van der Waals surface area contributed by atoms with E-state index < -0.39 is 0 Å². The van der Waals surface area contributed by atoms with Crippen molar-refractivity contribution in [2.45, 2.75) is 56.5 Å². The number of thioether (sulfide) groups is 1. The van der Waals surface area contributed by atoms with E-state index in [9.17, 15) is 5.11 Å². The molecule has 1 aromatic rings. The van der Waals surface area contributed by atoms with Gasteiger partial charge in [0.15, 0.2) is 0 Å². The van der Waals surface area contributed by atoms with E-state index in [0.29, 0.717) is 6.04 Å². The van der Waals surface area contributed by atoms with Crippen LogP contribution < -0.4 is 5.32 Å². The van der Waals surface area contributed by atoms with Crippen molar-refractivity contribution in [3.63, 3.8) is 0 Å². The highest BCUT2D eigenvalue weighted by atomic mass is 32.2. The quantitative estimate of drug-likeness (QED) is 0.746. The van der Waals surface area contributed by atoms with Crippen molar-refractivity contribution in [2.75, 3.05) is 6.54 Å². The number of aromatic nitrogens is 1. The summed E-state index contributed by atoms with van der Waals surface area (Å²) in [6.07, 6.45) is 2.74. The van der Waals surface area contributed by atoms with E-state index in [1.807, 2.05) is 26.1 Å². The van der Waals surface area contributed by atoms with Gasteiger partial charge < -0.3 is 10.4 Å². The molecule has 0 amide bonds. The number of nitrogens with one attached hydrogen (secondary N) is 1. The molecule has 1 rings (SSSR count). The van der Waals surface area contributed by atoms with Gasteiger partial charge in [-0.1, -0.05) is 19.9 Å². The summed E-state index contributed by atoms with van der Waals surface area (Å²) in [6.45, 7) is 9.16. The lowest BCUT2D eigenvalue weighted by Crippen LogP contribution is -2.19. The molecule has 0 aliphatic rings. The summed E-state index contributed by atoms with van der Waals surface area (Å²) in [5.74, 6) is 0. The van der Waals surface area contributed by atoms with Gasteiger partial charge in [0, 0.05) is 17.5 Å². The van der Waals surface area contributed by atoms with Gasteiger partial charge in [0.05, 0.1) is 11.1 Å². The summed E-state index contributed by atoms with van der Waals surface area (Å²) in [7, 11) is 0. The van der Waals surface area contributed by atoms with Crippen molar-refractivity contribution in [2.24, 2.45) is 0 Å². The summed E-state index contributed by atoms with van der Waals surface area (Å²) in [5, 5.41) is 14.0. The SMILES string of the molecule is CCCNC(C)c1ccc(SC(C)C(C)O)nc1. The lowest BCUT2D eigenvalue weighted by molar-refractivity contribution is 0.196. The van der Waals surface area contributed by atoms with Gasteiger partial charge in [0.25, 0.3) is 0 Å². The molecule has 0 aliphatic carbocycles. The fourth-order valence-corrected chi connectivity index (χ4v) is 2.32. The van der Waals surface area contributed by atoms with Gasteiger partial charge in [-0.3, -0.25) is 0 Å². The van der Waals surface area contributed by atoms with Crippen LogP contribution in [0.3, 0.4) is 0 Å². The normalized spacial score (nSPS) is 16.3. The number of pyridine rings is 1. The summed E-state index contributed by atoms with van der Waals surface area (Å²) >= 11 is 1.61. The summed E-state index contributed by atoms with van der Waals surface area (Å²) in [6, 6.07) is 4.48. The molecule has 0 radical (unpaired) electrons. The van der Waals surface area contributed by atoms with E-state index in [1.165, 1.54) is 5.56 Å². The van der Waals surface area contributed by atoms with E-state index in [0.717, 1.165) is 18.0 Å². The van der Waals surface area contributed by atoms with E-state index >= 15 is 0 Å². The Kier molecular flexibility index (Phi) is 6.68. The zero-order chi connectivity index (χ0) is 13.5. The third kappa shape index (κ3) is 4.96. The van der Waals surface area contributed by atoms with E-state index in [1.54, 1.807) is 11.8 Å². The number of nitrogens with zero attached hydrogens (tertiary/aromatic N) is 1. The molecule has 4 heteroatoms. The lowest BCUT2D eigenvalue weighted by atomic mass is 10.1. The van der Waals surface area contributed by atoms with Crippen LogP contribution in [-0.4, -0.2) is 28.0 Å². The molecule has 0 saturated carbocycles. The maximum Gasteiger partial charge on any atom is 0.0963 e. The molecule has 1 heterocycles. The molecule has 3 nitrogen and oxygen atoms in total. The second kappa shape index (κ2) is 7.77. The zero-order valence-corrected chi connectivity index (χ0v) is 12.5. The Bertz CT molecular complexity index is 340. The van der Waals surface area contributed by atoms with Crippen molar-refractivity contribution < 1.29 is 5.11 Å². The standard InChI is InChI=1S/C14H24N2OS/c1-5-8-15-10(2)13-6-7-14(16-9-13)18-12(4)11(3)17/h6-7,9-12,15,17H,5,8H2,1-4H3. The molecule has 0 aliphatic heterocycles. The number of hydrogen-bond donors (Lipinski definition) is 2. The average Bonchev–Trinajstić information content (AvgIpc) is 2.36. The summed E-state index contributed by atoms with van der Waals surface area (Å²) in [4.78, 5) is 4.44. The third-order valence-corrected chi connectivity index (χ3v) is 4.19. The van der Waals surface area contributed by atoms with Crippen LogP contribution in [0.4, 0.5) is 0 Å². The molecular weight excluding hydrogens is 244 g/mol. The van der Waals surface area contributed by atoms with Crippen LogP contribution in [0.5, 0.6) is 0 Å². The smallest absolute Gasteiger partial charge is 0.0963 e. The molecule has 102 valence electrons. The monoisotopic (exact) mass is 268 g/mol. The van der Waals surface area contributed by atoms with Gasteiger partial charge in [-0.15, -0.1) is 11.8 Å². The minimum absolute atomic E-state index is 0.166. The average molecular weight is 268 g/mol. The number of rotatable bonds is 7. The minimum atomic E-state index is -0.318. The van der Waals surface area contributed by atoms with E-state index in [4.69, 9.17) is 0 Å². The lowest BCUT2D eigenvalue weighted by Gasteiger charge is -2.15. The van der Waals surface area contributed by atoms with Gasteiger partial charge in [-0.25, -0.2) is 4.98 Å². The molecule has 0 saturated heterocycles. The fraction of sp³-hybridized carbons (Fsp3) is 0.643. The first kappa shape index (κ1) is 15.5. The number of hydrogen-bond acceptors (Lipinski definition) is 4. The highest BCUT2D eigenvalue weighted by Gasteiger charge is 2.11. The molecule has 1 aromatic heterocycles. The van der Waals surface area contributed by atoms with Crippen LogP contribution in [0.2, 0.25) is 0 Å². The van der Waals surface area contributed by atoms with Crippen LogP contribution in [0.1, 0.15) is 45.7 Å². The predicted molar refractivity (Wildman–Crippen MR) is 77.9 cm³/mol. The first-order valence-electron chi connectivity index (χ1n) is 6.58. The Balaban J connectivity index is 2.56. The van der Waals surface area contributed by atoms with Gasteiger partial charge in [-0.05, 0) is 38.4 Å². The molecule has 0 aromatic carbocycles. The largest absolute Gasteiger partial charge is 0.392 e. The number of aliphatic hydroxyl groups excluding tert-OH is 1. The van der Waals surface area contributed by atoms with Crippen molar-refractivity contribution in [3.05, 3.63) is 23.9 Å². The van der Waals surface area contributed by atoms with Crippen LogP contribution in [-0.2, 0) is 0 Å². The first-order chi connectivity index (χ1) is 8.54. The Hall–Kier alpha value is -0.580. The third-order valence-electron chi connectivity index (χ3n) is 2.95. The molecule has 3 atom stereocenters. The van der Waals surface area contributed by atoms with Gasteiger partial charge >= 0.3 is 0 Å². The van der Waals surface area contributed by atoms with Crippen LogP contribution in [0.15, 0.2) is 23.4 Å². The van der Waals surface area contributed by atoms with Crippen molar-refractivity contribution in [3.8, 4) is 0 Å². The van der Waals surface area contributed by atoms with Crippen LogP contribution in [0.25, 0.3) is 0 Å². The van der Waals surface area contributed by atoms with Gasteiger partial charge in [0.2, 0.25) is 0 Å². The van der Waals surface area contributed by atoms with Crippen molar-refractivity contribution in [1.29, 1.82) is 0 Å². The topological polar surface area (TPSA) is 45.1 Å². The molecule has 0 bridgehead atoms. The van der Waals surface area contributed by atoms with Gasteiger partial charge in [-0.2, -0.15) is 0 Å². The molecular formula is C14H24N2OS. The number of aliphatic hydroxyl groups is 1. The minimum Gasteiger partial charge on any atom is -0.392 e. The predicted octanol–water partition coefficient (Wildman–Crippen LogP) is 3.00. The highest BCUT2D eigenvalue weighted by Crippen LogP contribution is 2.24. The Morgan fingerprint density at radius 3 is 2.56 bits per heavy atom. The van der Waals surface area contributed by atoms with Crippen molar-refractivity contribution >= 4 is 11.8 Å². The van der Waals surface area contributed by atoms with Gasteiger partial charge in [0.1, 0.15) is 0 Å². The molecule has 2 N–H and O–H groups in total. The maximum atomic E-state index is 9.46. The second-order valence-electron chi connectivity index (χ2n) is 4.67. The Labute approximate surface area is 114 Å². The molecule has 0 spiro atoms. The fourth-order valence-electron chi connectivity index (χ4n) is 1.49. The summed E-state index contributed by atoms with van der Waals surface area (Å²) < 4.78 is 0. The molecule has 3 unspecified atom stereocenters. The van der Waals surface area contributed by atoms with E-state index in [-0.39, 0.29) is 11.4 Å². The van der Waals surface area contributed by atoms with Crippen LogP contribution in [0, 0.1) is 0 Å². The summed E-state index contributed by atoms with van der Waals surface area (Å²) in [5.41, 5.74) is 1.21. The maximum absolute atomic E-state index is 9.46. The second-order valence-corrected chi connectivity index (χ2v) is 6.07. The highest BCUT2D eigenvalue weighted by molar-refractivity contribution is 7.99. The molecule has 18 heavy (non-hydrogen) atoms. The van der Waals surface area contributed by atoms with Crippen molar-refractivity contribution in [1.82, 2.24) is 10.3 Å². The molecule has 0 fully saturated rings. The van der Waals surface area contributed by atoms with E-state index in [2.05, 4.69) is 30.2 Å². The van der Waals surface area contributed by atoms with Crippen LogP contribution >= 0.6 is 11.8 Å². The Morgan fingerprint density at radius 2 is 2.06 bits per heavy atom.